The summed E-state index contributed by atoms with van der Waals surface area (Å²) in [5.41, 5.74) is -0.788. The van der Waals surface area contributed by atoms with E-state index in [1.54, 1.807) is 6.92 Å². The van der Waals surface area contributed by atoms with Gasteiger partial charge in [0.1, 0.15) is 23.4 Å². The topological polar surface area (TPSA) is 135 Å². The maximum absolute atomic E-state index is 13.0. The van der Waals surface area contributed by atoms with E-state index in [1.165, 1.54) is 31.2 Å². The summed E-state index contributed by atoms with van der Waals surface area (Å²) in [5, 5.41) is 17.2. The van der Waals surface area contributed by atoms with Crippen LogP contribution in [0.3, 0.4) is 0 Å². The Morgan fingerprint density at radius 3 is 2.69 bits per heavy atom. The second kappa shape index (κ2) is 7.80. The second-order valence-corrected chi connectivity index (χ2v) is 7.73. The van der Waals surface area contributed by atoms with E-state index in [0.29, 0.717) is 11.3 Å². The Kier molecular flexibility index (Phi) is 5.13. The SMILES string of the molecule is CC(NC(=O)CN1C(=O)NC(C)(c2cccc([N+](=O)[O-])c2)C1=O)c1cc2ccccc2o1. The zero-order valence-electron chi connectivity index (χ0n) is 17.3. The molecule has 10 nitrogen and oxygen atoms in total. The third-order valence-electron chi connectivity index (χ3n) is 5.46. The minimum absolute atomic E-state index is 0.207. The van der Waals surface area contributed by atoms with Crippen LogP contribution in [0.1, 0.15) is 31.2 Å². The van der Waals surface area contributed by atoms with Crippen molar-refractivity contribution in [2.24, 2.45) is 0 Å². The summed E-state index contributed by atoms with van der Waals surface area (Å²) >= 11 is 0. The van der Waals surface area contributed by atoms with Crippen LogP contribution in [0.2, 0.25) is 0 Å². The first-order chi connectivity index (χ1) is 15.2. The zero-order chi connectivity index (χ0) is 23.0. The number of fused-ring (bicyclic) bond motifs is 1. The standard InChI is InChI=1S/C22H20N4O6/c1-13(18-10-14-6-3-4-9-17(14)32-18)23-19(27)12-25-20(28)22(2,24-21(25)29)15-7-5-8-16(11-15)26(30)31/h3-11,13H,12H2,1-2H3,(H,23,27)(H,24,29). The fourth-order valence-corrected chi connectivity index (χ4v) is 3.68. The number of furan rings is 1. The Balaban J connectivity index is 1.47. The van der Waals surface area contributed by atoms with Gasteiger partial charge in [0, 0.05) is 17.5 Å². The predicted molar refractivity (Wildman–Crippen MR) is 113 cm³/mol. The van der Waals surface area contributed by atoms with Crippen molar-refractivity contribution in [1.82, 2.24) is 15.5 Å². The van der Waals surface area contributed by atoms with Crippen LogP contribution in [0.4, 0.5) is 10.5 Å². The number of amides is 4. The number of rotatable bonds is 6. The number of imide groups is 1. The molecule has 1 aliphatic heterocycles. The molecule has 0 radical (unpaired) electrons. The van der Waals surface area contributed by atoms with Crippen molar-refractivity contribution in [3.63, 3.8) is 0 Å². The molecule has 1 fully saturated rings. The van der Waals surface area contributed by atoms with Crippen LogP contribution in [0.25, 0.3) is 11.0 Å². The van der Waals surface area contributed by atoms with Crippen LogP contribution in [0.5, 0.6) is 0 Å². The van der Waals surface area contributed by atoms with Gasteiger partial charge in [-0.2, -0.15) is 0 Å². The minimum atomic E-state index is -1.52. The second-order valence-electron chi connectivity index (χ2n) is 7.73. The molecular formula is C22H20N4O6. The molecule has 1 aromatic heterocycles. The van der Waals surface area contributed by atoms with E-state index in [0.717, 1.165) is 10.3 Å². The fourth-order valence-electron chi connectivity index (χ4n) is 3.68. The molecule has 4 rings (SSSR count). The van der Waals surface area contributed by atoms with Gasteiger partial charge in [-0.1, -0.05) is 30.3 Å². The summed E-state index contributed by atoms with van der Waals surface area (Å²) in [6, 6.07) is 13.5. The number of carbonyl (C=O) groups is 3. The van der Waals surface area contributed by atoms with Gasteiger partial charge < -0.3 is 15.1 Å². The number of hydrogen-bond donors (Lipinski definition) is 2. The lowest BCUT2D eigenvalue weighted by molar-refractivity contribution is -0.385. The largest absolute Gasteiger partial charge is 0.459 e. The Labute approximate surface area is 182 Å². The maximum atomic E-state index is 13.0. The first-order valence-corrected chi connectivity index (χ1v) is 9.86. The van der Waals surface area contributed by atoms with Crippen molar-refractivity contribution >= 4 is 34.5 Å². The minimum Gasteiger partial charge on any atom is -0.459 e. The molecule has 164 valence electrons. The number of nitrogens with one attached hydrogen (secondary N) is 2. The molecule has 2 aromatic carbocycles. The maximum Gasteiger partial charge on any atom is 0.325 e. The molecule has 2 unspecified atom stereocenters. The molecule has 0 bridgehead atoms. The number of non-ortho nitro benzene ring substituents is 1. The van der Waals surface area contributed by atoms with E-state index >= 15 is 0 Å². The van der Waals surface area contributed by atoms with Gasteiger partial charge in [0.2, 0.25) is 5.91 Å². The van der Waals surface area contributed by atoms with Gasteiger partial charge in [-0.3, -0.25) is 24.6 Å². The molecule has 1 aliphatic rings. The highest BCUT2D eigenvalue weighted by Gasteiger charge is 2.49. The number of carbonyl (C=O) groups excluding carboxylic acids is 3. The lowest BCUT2D eigenvalue weighted by Gasteiger charge is -2.22. The van der Waals surface area contributed by atoms with E-state index in [1.807, 2.05) is 30.3 Å². The lowest BCUT2D eigenvalue weighted by Crippen LogP contribution is -2.43. The summed E-state index contributed by atoms with van der Waals surface area (Å²) in [6.45, 7) is 2.68. The van der Waals surface area contributed by atoms with Gasteiger partial charge >= 0.3 is 6.03 Å². The number of para-hydroxylation sites is 1. The molecule has 0 spiro atoms. The third-order valence-corrected chi connectivity index (χ3v) is 5.46. The van der Waals surface area contributed by atoms with Gasteiger partial charge in [0.25, 0.3) is 11.6 Å². The van der Waals surface area contributed by atoms with Crippen LogP contribution < -0.4 is 10.6 Å². The monoisotopic (exact) mass is 436 g/mol. The molecule has 4 amide bonds. The van der Waals surface area contributed by atoms with E-state index in [4.69, 9.17) is 4.42 Å². The average Bonchev–Trinajstić information content (AvgIpc) is 3.29. The first kappa shape index (κ1) is 21.0. The molecule has 1 saturated heterocycles. The number of nitrogens with zero attached hydrogens (tertiary/aromatic N) is 2. The molecule has 32 heavy (non-hydrogen) atoms. The Morgan fingerprint density at radius 1 is 1.22 bits per heavy atom. The summed E-state index contributed by atoms with van der Waals surface area (Å²) < 4.78 is 5.73. The molecular weight excluding hydrogens is 416 g/mol. The molecule has 10 heteroatoms. The van der Waals surface area contributed by atoms with Crippen LogP contribution in [-0.2, 0) is 15.1 Å². The normalized spacial score (nSPS) is 19.1. The number of urea groups is 1. The fraction of sp³-hybridized carbons (Fsp3) is 0.227. The number of nitro benzene ring substituents is 1. The number of nitro groups is 1. The first-order valence-electron chi connectivity index (χ1n) is 9.86. The summed E-state index contributed by atoms with van der Waals surface area (Å²) in [6.07, 6.45) is 0. The van der Waals surface area contributed by atoms with Crippen molar-refractivity contribution < 1.29 is 23.7 Å². The van der Waals surface area contributed by atoms with E-state index in [9.17, 15) is 24.5 Å². The van der Waals surface area contributed by atoms with Gasteiger partial charge in [-0.15, -0.1) is 0 Å². The number of hydrogen-bond acceptors (Lipinski definition) is 6. The predicted octanol–water partition coefficient (Wildman–Crippen LogP) is 2.99. The smallest absolute Gasteiger partial charge is 0.325 e. The molecule has 3 aromatic rings. The summed E-state index contributed by atoms with van der Waals surface area (Å²) in [4.78, 5) is 49.3. The number of benzene rings is 2. The lowest BCUT2D eigenvalue weighted by atomic mass is 9.91. The van der Waals surface area contributed by atoms with Crippen LogP contribution in [-0.4, -0.2) is 34.2 Å². The highest BCUT2D eigenvalue weighted by atomic mass is 16.6. The third kappa shape index (κ3) is 3.66. The van der Waals surface area contributed by atoms with Crippen molar-refractivity contribution in [2.75, 3.05) is 6.54 Å². The Morgan fingerprint density at radius 2 is 1.97 bits per heavy atom. The summed E-state index contributed by atoms with van der Waals surface area (Å²) in [7, 11) is 0. The van der Waals surface area contributed by atoms with E-state index < -0.39 is 40.9 Å². The van der Waals surface area contributed by atoms with Crippen molar-refractivity contribution in [1.29, 1.82) is 0 Å². The molecule has 0 saturated carbocycles. The van der Waals surface area contributed by atoms with Gasteiger partial charge in [-0.25, -0.2) is 4.79 Å². The Bertz CT molecular complexity index is 1220. The van der Waals surface area contributed by atoms with Gasteiger partial charge in [0.15, 0.2) is 0 Å². The average molecular weight is 436 g/mol. The van der Waals surface area contributed by atoms with E-state index in [2.05, 4.69) is 10.6 Å². The van der Waals surface area contributed by atoms with Crippen LogP contribution in [0.15, 0.2) is 59.0 Å². The van der Waals surface area contributed by atoms with E-state index in [-0.39, 0.29) is 11.3 Å². The highest BCUT2D eigenvalue weighted by molar-refractivity contribution is 6.09. The zero-order valence-corrected chi connectivity index (χ0v) is 17.3. The molecule has 2 N–H and O–H groups in total. The summed E-state index contributed by atoms with van der Waals surface area (Å²) in [5.74, 6) is -0.683. The quantitative estimate of drug-likeness (QED) is 0.346. The van der Waals surface area contributed by atoms with Gasteiger partial charge in [0.05, 0.1) is 11.0 Å². The van der Waals surface area contributed by atoms with Crippen molar-refractivity contribution in [2.45, 2.75) is 25.4 Å². The van der Waals surface area contributed by atoms with Crippen LogP contribution >= 0.6 is 0 Å². The van der Waals surface area contributed by atoms with Gasteiger partial charge in [-0.05, 0) is 31.5 Å². The molecule has 2 atom stereocenters. The van der Waals surface area contributed by atoms with Crippen molar-refractivity contribution in [3.8, 4) is 0 Å². The van der Waals surface area contributed by atoms with Crippen molar-refractivity contribution in [3.05, 3.63) is 76.0 Å². The van der Waals surface area contributed by atoms with Crippen LogP contribution in [0, 0.1) is 10.1 Å². The molecule has 2 heterocycles. The molecule has 0 aliphatic carbocycles. The Hall–Kier alpha value is -4.21. The highest BCUT2D eigenvalue weighted by Crippen LogP contribution is 2.31.